The molecule has 1 aliphatic heterocycles. The van der Waals surface area contributed by atoms with Gasteiger partial charge in [-0.05, 0) is 5.56 Å². The van der Waals surface area contributed by atoms with Gasteiger partial charge in [0.25, 0.3) is 0 Å². The number of benzene rings is 2. The maximum atomic E-state index is 13.0. The molecule has 0 aliphatic carbocycles. The summed E-state index contributed by atoms with van der Waals surface area (Å²) < 4.78 is 11.0. The zero-order valence-corrected chi connectivity index (χ0v) is 13.9. The monoisotopic (exact) mass is 323 g/mol. The average molecular weight is 323 g/mol. The van der Waals surface area contributed by atoms with Crippen molar-refractivity contribution in [2.75, 3.05) is 27.3 Å². The van der Waals surface area contributed by atoms with E-state index in [1.165, 1.54) is 0 Å². The van der Waals surface area contributed by atoms with Gasteiger partial charge < -0.3 is 14.4 Å². The van der Waals surface area contributed by atoms with E-state index < -0.39 is 0 Å². The van der Waals surface area contributed by atoms with Crippen LogP contribution in [0.1, 0.15) is 27.8 Å². The Hall–Kier alpha value is -2.43. The van der Waals surface area contributed by atoms with Crippen molar-refractivity contribution >= 4 is 11.4 Å². The van der Waals surface area contributed by atoms with E-state index in [2.05, 4.69) is 0 Å². The third-order valence-electron chi connectivity index (χ3n) is 3.78. The summed E-state index contributed by atoms with van der Waals surface area (Å²) in [6.07, 6.45) is 1.54. The van der Waals surface area contributed by atoms with Gasteiger partial charge in [-0.1, -0.05) is 54.6 Å². The standard InChI is InChI=1S/C20H21NO3/c1-21(2)14-18(15-6-4-3-5-7-15)19(22)16-8-10-17(11-9-16)20-23-12-13-24-20/h3-11,14,20H,12-13H2,1-2H3. The van der Waals surface area contributed by atoms with Crippen LogP contribution in [-0.2, 0) is 9.47 Å². The molecule has 1 aliphatic rings. The maximum absolute atomic E-state index is 13.0. The molecule has 24 heavy (non-hydrogen) atoms. The Morgan fingerprint density at radius 1 is 0.958 bits per heavy atom. The lowest BCUT2D eigenvalue weighted by atomic mass is 9.96. The number of hydrogen-bond donors (Lipinski definition) is 0. The number of allylic oxidation sites excluding steroid dienone is 1. The van der Waals surface area contributed by atoms with Crippen molar-refractivity contribution in [1.29, 1.82) is 0 Å². The third kappa shape index (κ3) is 3.72. The summed E-state index contributed by atoms with van der Waals surface area (Å²) >= 11 is 0. The van der Waals surface area contributed by atoms with Crippen LogP contribution >= 0.6 is 0 Å². The molecule has 0 amide bonds. The summed E-state index contributed by atoms with van der Waals surface area (Å²) in [5, 5.41) is 0. The molecule has 4 nitrogen and oxygen atoms in total. The van der Waals surface area contributed by atoms with Crippen molar-refractivity contribution in [2.45, 2.75) is 6.29 Å². The van der Waals surface area contributed by atoms with Crippen LogP contribution in [0.2, 0.25) is 0 Å². The van der Waals surface area contributed by atoms with E-state index in [1.54, 1.807) is 0 Å². The van der Waals surface area contributed by atoms with Gasteiger partial charge in [-0.2, -0.15) is 0 Å². The lowest BCUT2D eigenvalue weighted by Crippen LogP contribution is -2.09. The first-order valence-corrected chi connectivity index (χ1v) is 7.96. The first-order chi connectivity index (χ1) is 11.6. The van der Waals surface area contributed by atoms with Crippen molar-refractivity contribution in [1.82, 2.24) is 4.90 Å². The smallest absolute Gasteiger partial charge is 0.195 e. The molecule has 124 valence electrons. The Bertz CT molecular complexity index is 714. The minimum absolute atomic E-state index is 0.00490. The first kappa shape index (κ1) is 16.4. The van der Waals surface area contributed by atoms with Gasteiger partial charge in [-0.25, -0.2) is 0 Å². The Morgan fingerprint density at radius 2 is 1.58 bits per heavy atom. The molecular formula is C20H21NO3. The number of carbonyl (C=O) groups is 1. The zero-order chi connectivity index (χ0) is 16.9. The fraction of sp³-hybridized carbons (Fsp3) is 0.250. The number of ether oxygens (including phenoxy) is 2. The summed E-state index contributed by atoms with van der Waals surface area (Å²) in [5.41, 5.74) is 3.15. The Kier molecular flexibility index (Phi) is 5.08. The second kappa shape index (κ2) is 7.43. The number of nitrogens with zero attached hydrogens (tertiary/aromatic N) is 1. The molecule has 0 N–H and O–H groups in total. The summed E-state index contributed by atoms with van der Waals surface area (Å²) in [4.78, 5) is 14.8. The predicted octanol–water partition coefficient (Wildman–Crippen LogP) is 3.52. The Balaban J connectivity index is 1.87. The highest BCUT2D eigenvalue weighted by Gasteiger charge is 2.19. The van der Waals surface area contributed by atoms with E-state index in [9.17, 15) is 4.79 Å². The van der Waals surface area contributed by atoms with Crippen LogP contribution in [0.3, 0.4) is 0 Å². The molecule has 1 saturated heterocycles. The summed E-state index contributed by atoms with van der Waals surface area (Å²) in [6, 6.07) is 17.1. The van der Waals surface area contributed by atoms with Crippen LogP contribution < -0.4 is 0 Å². The van der Waals surface area contributed by atoms with Crippen LogP contribution in [0, 0.1) is 0 Å². The fourth-order valence-corrected chi connectivity index (χ4v) is 2.64. The van der Waals surface area contributed by atoms with Crippen molar-refractivity contribution in [3.05, 3.63) is 77.5 Å². The third-order valence-corrected chi connectivity index (χ3v) is 3.78. The van der Waals surface area contributed by atoms with Crippen molar-refractivity contribution in [3.8, 4) is 0 Å². The molecule has 2 aromatic rings. The Labute approximate surface area is 142 Å². The number of ketones is 1. The second-order valence-corrected chi connectivity index (χ2v) is 5.90. The van der Waals surface area contributed by atoms with Gasteiger partial charge in [-0.15, -0.1) is 0 Å². The number of Topliss-reactive ketones (excluding diaryl/α,β-unsaturated/α-hetero) is 1. The predicted molar refractivity (Wildman–Crippen MR) is 93.5 cm³/mol. The van der Waals surface area contributed by atoms with Crippen LogP contribution in [0.5, 0.6) is 0 Å². The minimum Gasteiger partial charge on any atom is -0.383 e. The molecule has 2 aromatic carbocycles. The first-order valence-electron chi connectivity index (χ1n) is 7.96. The number of rotatable bonds is 5. The van der Waals surface area contributed by atoms with Crippen LogP contribution in [-0.4, -0.2) is 38.0 Å². The van der Waals surface area contributed by atoms with Gasteiger partial charge >= 0.3 is 0 Å². The van der Waals surface area contributed by atoms with Crippen LogP contribution in [0.4, 0.5) is 0 Å². The lowest BCUT2D eigenvalue weighted by molar-refractivity contribution is -0.0441. The van der Waals surface area contributed by atoms with E-state index in [-0.39, 0.29) is 12.1 Å². The van der Waals surface area contributed by atoms with E-state index in [0.717, 1.165) is 11.1 Å². The quantitative estimate of drug-likeness (QED) is 0.623. The molecular weight excluding hydrogens is 302 g/mol. The van der Waals surface area contributed by atoms with Gasteiger partial charge in [0.2, 0.25) is 0 Å². The normalized spacial score (nSPS) is 15.5. The van der Waals surface area contributed by atoms with Crippen molar-refractivity contribution in [2.24, 2.45) is 0 Å². The molecule has 1 fully saturated rings. The van der Waals surface area contributed by atoms with Crippen LogP contribution in [0.25, 0.3) is 5.57 Å². The average Bonchev–Trinajstić information content (AvgIpc) is 3.14. The van der Waals surface area contributed by atoms with Gasteiger partial charge in [0.05, 0.1) is 13.2 Å². The minimum atomic E-state index is -0.319. The van der Waals surface area contributed by atoms with Crippen LogP contribution in [0.15, 0.2) is 60.8 Å². The molecule has 0 saturated carbocycles. The highest BCUT2D eigenvalue weighted by Crippen LogP contribution is 2.25. The van der Waals surface area contributed by atoms with Gasteiger partial charge in [-0.3, -0.25) is 4.79 Å². The van der Waals surface area contributed by atoms with Crippen molar-refractivity contribution in [3.63, 3.8) is 0 Å². The van der Waals surface area contributed by atoms with E-state index >= 15 is 0 Å². The van der Waals surface area contributed by atoms with Gasteiger partial charge in [0.1, 0.15) is 0 Å². The van der Waals surface area contributed by atoms with E-state index in [4.69, 9.17) is 9.47 Å². The topological polar surface area (TPSA) is 38.8 Å². The molecule has 0 bridgehead atoms. The Morgan fingerprint density at radius 3 is 2.17 bits per heavy atom. The molecule has 3 rings (SSSR count). The van der Waals surface area contributed by atoms with Gasteiger partial charge in [0, 0.05) is 37.0 Å². The fourth-order valence-electron chi connectivity index (χ4n) is 2.64. The highest BCUT2D eigenvalue weighted by molar-refractivity contribution is 6.28. The summed E-state index contributed by atoms with van der Waals surface area (Å²) in [7, 11) is 3.82. The molecule has 0 atom stereocenters. The summed E-state index contributed by atoms with van der Waals surface area (Å²) in [6.45, 7) is 1.21. The van der Waals surface area contributed by atoms with Crippen molar-refractivity contribution < 1.29 is 14.3 Å². The zero-order valence-electron chi connectivity index (χ0n) is 13.9. The van der Waals surface area contributed by atoms with E-state index in [0.29, 0.717) is 24.4 Å². The molecule has 1 heterocycles. The SMILES string of the molecule is CN(C)C=C(C(=O)c1ccc(C2OCCO2)cc1)c1ccccc1. The van der Waals surface area contributed by atoms with E-state index in [1.807, 2.05) is 79.8 Å². The second-order valence-electron chi connectivity index (χ2n) is 5.90. The molecule has 0 spiro atoms. The largest absolute Gasteiger partial charge is 0.383 e. The number of hydrogen-bond acceptors (Lipinski definition) is 4. The maximum Gasteiger partial charge on any atom is 0.195 e. The highest BCUT2D eigenvalue weighted by atomic mass is 16.7. The lowest BCUT2D eigenvalue weighted by Gasteiger charge is -2.13. The summed E-state index contributed by atoms with van der Waals surface area (Å²) in [5.74, 6) is -0.00490. The molecule has 0 radical (unpaired) electrons. The molecule has 0 unspecified atom stereocenters. The number of carbonyl (C=O) groups excluding carboxylic acids is 1. The molecule has 0 aromatic heterocycles. The molecule has 4 heteroatoms. The van der Waals surface area contributed by atoms with Gasteiger partial charge in [0.15, 0.2) is 12.1 Å².